The van der Waals surface area contributed by atoms with E-state index in [2.05, 4.69) is 10.1 Å². The van der Waals surface area contributed by atoms with Crippen molar-refractivity contribution < 1.29 is 27.1 Å². The standard InChI is InChI=1S/C15H19F4NO2/c1-4-13(21)11(8-20-9(2)3)10-5-6-12(16)14(7-10)22-15(17,18)19/h5-7,9,11,20H,4,8H2,1-3H3/t11-/m1/s1. The van der Waals surface area contributed by atoms with E-state index in [0.717, 1.165) is 12.1 Å². The molecule has 1 atom stereocenters. The Balaban J connectivity index is 3.08. The fraction of sp³-hybridized carbons (Fsp3) is 0.533. The van der Waals surface area contributed by atoms with Crippen LogP contribution in [0.15, 0.2) is 18.2 Å². The maximum atomic E-state index is 13.4. The van der Waals surface area contributed by atoms with Crippen molar-refractivity contribution in [2.75, 3.05) is 6.54 Å². The van der Waals surface area contributed by atoms with Crippen LogP contribution < -0.4 is 10.1 Å². The number of alkyl halides is 3. The van der Waals surface area contributed by atoms with E-state index in [-0.39, 0.29) is 24.8 Å². The molecule has 0 bridgehead atoms. The molecule has 7 heteroatoms. The van der Waals surface area contributed by atoms with Gasteiger partial charge in [0.25, 0.3) is 0 Å². The van der Waals surface area contributed by atoms with E-state index in [1.807, 2.05) is 13.8 Å². The van der Waals surface area contributed by atoms with Gasteiger partial charge in [-0.25, -0.2) is 4.39 Å². The number of ether oxygens (including phenoxy) is 1. The van der Waals surface area contributed by atoms with Crippen molar-refractivity contribution in [3.63, 3.8) is 0 Å². The number of rotatable bonds is 7. The van der Waals surface area contributed by atoms with Crippen LogP contribution in [-0.2, 0) is 4.79 Å². The van der Waals surface area contributed by atoms with Gasteiger partial charge < -0.3 is 10.1 Å². The van der Waals surface area contributed by atoms with Crippen molar-refractivity contribution in [2.45, 2.75) is 45.5 Å². The Bertz CT molecular complexity index is 515. The van der Waals surface area contributed by atoms with Gasteiger partial charge >= 0.3 is 6.36 Å². The van der Waals surface area contributed by atoms with Crippen molar-refractivity contribution in [2.24, 2.45) is 0 Å². The minimum atomic E-state index is -4.99. The van der Waals surface area contributed by atoms with E-state index in [9.17, 15) is 22.4 Å². The first-order chi connectivity index (χ1) is 10.1. The lowest BCUT2D eigenvalue weighted by atomic mass is 9.92. The Morgan fingerprint density at radius 1 is 1.32 bits per heavy atom. The molecular weight excluding hydrogens is 302 g/mol. The number of hydrogen-bond donors (Lipinski definition) is 1. The number of benzene rings is 1. The first-order valence-corrected chi connectivity index (χ1v) is 6.95. The topological polar surface area (TPSA) is 38.3 Å². The molecular formula is C15H19F4NO2. The second-order valence-corrected chi connectivity index (χ2v) is 5.17. The van der Waals surface area contributed by atoms with Gasteiger partial charge in [0.2, 0.25) is 0 Å². The smallest absolute Gasteiger partial charge is 0.403 e. The summed E-state index contributed by atoms with van der Waals surface area (Å²) in [6.07, 6.45) is -4.75. The van der Waals surface area contributed by atoms with Crippen LogP contribution in [-0.4, -0.2) is 24.7 Å². The van der Waals surface area contributed by atoms with Gasteiger partial charge in [-0.1, -0.05) is 26.8 Å². The molecule has 0 saturated heterocycles. The normalized spacial score (nSPS) is 13.3. The van der Waals surface area contributed by atoms with Crippen molar-refractivity contribution >= 4 is 5.78 Å². The number of Topliss-reactive ketones (excluding diaryl/α,β-unsaturated/α-hetero) is 1. The van der Waals surface area contributed by atoms with Gasteiger partial charge in [-0.3, -0.25) is 4.79 Å². The lowest BCUT2D eigenvalue weighted by molar-refractivity contribution is -0.275. The van der Waals surface area contributed by atoms with Crippen LogP contribution >= 0.6 is 0 Å². The fourth-order valence-electron chi connectivity index (χ4n) is 1.96. The molecule has 1 aromatic carbocycles. The van der Waals surface area contributed by atoms with Crippen molar-refractivity contribution in [3.05, 3.63) is 29.6 Å². The first kappa shape index (κ1) is 18.4. The molecule has 3 nitrogen and oxygen atoms in total. The van der Waals surface area contributed by atoms with Crippen molar-refractivity contribution in [1.29, 1.82) is 0 Å². The molecule has 0 fully saturated rings. The first-order valence-electron chi connectivity index (χ1n) is 6.95. The Hall–Kier alpha value is -1.63. The predicted molar refractivity (Wildman–Crippen MR) is 74.3 cm³/mol. The molecule has 0 aromatic heterocycles. The predicted octanol–water partition coefficient (Wildman–Crippen LogP) is 3.79. The highest BCUT2D eigenvalue weighted by Gasteiger charge is 2.33. The van der Waals surface area contributed by atoms with Crippen LogP contribution in [0.25, 0.3) is 0 Å². The van der Waals surface area contributed by atoms with Gasteiger partial charge in [0, 0.05) is 19.0 Å². The zero-order valence-corrected chi connectivity index (χ0v) is 12.6. The summed E-state index contributed by atoms with van der Waals surface area (Å²) >= 11 is 0. The molecule has 1 N–H and O–H groups in total. The van der Waals surface area contributed by atoms with Gasteiger partial charge in [-0.2, -0.15) is 0 Å². The Kier molecular flexibility index (Phi) is 6.34. The highest BCUT2D eigenvalue weighted by atomic mass is 19.4. The number of hydrogen-bond acceptors (Lipinski definition) is 3. The summed E-state index contributed by atoms with van der Waals surface area (Å²) in [4.78, 5) is 12.0. The molecule has 0 saturated carbocycles. The summed E-state index contributed by atoms with van der Waals surface area (Å²) in [5.74, 6) is -2.84. The van der Waals surface area contributed by atoms with E-state index in [1.165, 1.54) is 6.07 Å². The number of carbonyl (C=O) groups is 1. The molecule has 0 aliphatic rings. The Labute approximate surface area is 126 Å². The molecule has 0 radical (unpaired) electrons. The minimum absolute atomic E-state index is 0.110. The number of halogens is 4. The van der Waals surface area contributed by atoms with Crippen LogP contribution in [0.5, 0.6) is 5.75 Å². The number of carbonyl (C=O) groups excluding carboxylic acids is 1. The van der Waals surface area contributed by atoms with Gasteiger partial charge in [0.05, 0.1) is 5.92 Å². The van der Waals surface area contributed by atoms with E-state index in [1.54, 1.807) is 6.92 Å². The summed E-state index contributed by atoms with van der Waals surface area (Å²) in [6, 6.07) is 3.22. The Morgan fingerprint density at radius 3 is 2.45 bits per heavy atom. The van der Waals surface area contributed by atoms with E-state index in [4.69, 9.17) is 0 Å². The lowest BCUT2D eigenvalue weighted by Crippen LogP contribution is -2.31. The second kappa shape index (κ2) is 7.58. The molecule has 0 spiro atoms. The summed E-state index contributed by atoms with van der Waals surface area (Å²) < 4.78 is 53.9. The van der Waals surface area contributed by atoms with Gasteiger partial charge in [-0.15, -0.1) is 13.2 Å². The van der Waals surface area contributed by atoms with Crippen molar-refractivity contribution in [3.8, 4) is 5.75 Å². The van der Waals surface area contributed by atoms with Crippen LogP contribution in [0.3, 0.4) is 0 Å². The number of nitrogens with one attached hydrogen (secondary N) is 1. The summed E-state index contributed by atoms with van der Waals surface area (Å²) in [7, 11) is 0. The third-order valence-electron chi connectivity index (χ3n) is 3.05. The van der Waals surface area contributed by atoms with E-state index in [0.29, 0.717) is 5.56 Å². The molecule has 0 heterocycles. The van der Waals surface area contributed by atoms with E-state index < -0.39 is 23.8 Å². The monoisotopic (exact) mass is 321 g/mol. The molecule has 0 aliphatic carbocycles. The summed E-state index contributed by atoms with van der Waals surface area (Å²) in [5, 5.41) is 3.06. The second-order valence-electron chi connectivity index (χ2n) is 5.17. The number of ketones is 1. The molecule has 0 amide bonds. The molecule has 124 valence electrons. The highest BCUT2D eigenvalue weighted by molar-refractivity contribution is 5.85. The largest absolute Gasteiger partial charge is 0.573 e. The summed E-state index contributed by atoms with van der Waals surface area (Å²) in [6.45, 7) is 5.70. The van der Waals surface area contributed by atoms with Gasteiger partial charge in [-0.05, 0) is 17.7 Å². The minimum Gasteiger partial charge on any atom is -0.403 e. The quantitative estimate of drug-likeness (QED) is 0.777. The van der Waals surface area contributed by atoms with Gasteiger partial charge in [0.1, 0.15) is 5.78 Å². The average molecular weight is 321 g/mol. The Morgan fingerprint density at radius 2 is 1.95 bits per heavy atom. The third-order valence-corrected chi connectivity index (χ3v) is 3.05. The third kappa shape index (κ3) is 5.63. The zero-order chi connectivity index (χ0) is 16.9. The molecule has 1 aromatic rings. The average Bonchev–Trinajstić information content (AvgIpc) is 2.40. The molecule has 0 aliphatic heterocycles. The molecule has 0 unspecified atom stereocenters. The van der Waals surface area contributed by atoms with Crippen LogP contribution in [0.2, 0.25) is 0 Å². The van der Waals surface area contributed by atoms with E-state index >= 15 is 0 Å². The SMILES string of the molecule is CCC(=O)[C@H](CNC(C)C)c1ccc(F)c(OC(F)(F)F)c1. The highest BCUT2D eigenvalue weighted by Crippen LogP contribution is 2.29. The van der Waals surface area contributed by atoms with Crippen molar-refractivity contribution in [1.82, 2.24) is 5.32 Å². The summed E-state index contributed by atoms with van der Waals surface area (Å²) in [5.41, 5.74) is 0.292. The molecule has 22 heavy (non-hydrogen) atoms. The van der Waals surface area contributed by atoms with Crippen LogP contribution in [0, 0.1) is 5.82 Å². The van der Waals surface area contributed by atoms with Crippen LogP contribution in [0.4, 0.5) is 17.6 Å². The van der Waals surface area contributed by atoms with Gasteiger partial charge in [0.15, 0.2) is 11.6 Å². The van der Waals surface area contributed by atoms with Crippen LogP contribution in [0.1, 0.15) is 38.7 Å². The lowest BCUT2D eigenvalue weighted by Gasteiger charge is -2.19. The maximum absolute atomic E-state index is 13.4. The zero-order valence-electron chi connectivity index (χ0n) is 12.6. The molecule has 1 rings (SSSR count). The maximum Gasteiger partial charge on any atom is 0.573 e. The fourth-order valence-corrected chi connectivity index (χ4v) is 1.96.